The van der Waals surface area contributed by atoms with Gasteiger partial charge in [-0.1, -0.05) is 43.7 Å². The van der Waals surface area contributed by atoms with Crippen molar-refractivity contribution >= 4 is 5.97 Å². The SMILES string of the molecule is C=C1CCC(C)(C2=CCC(COC(C)=O)=CC2)C1C. The zero-order valence-electron chi connectivity index (χ0n) is 12.3. The average molecular weight is 260 g/mol. The largest absolute Gasteiger partial charge is 0.461 e. The van der Waals surface area contributed by atoms with Gasteiger partial charge in [-0.15, -0.1) is 0 Å². The molecule has 19 heavy (non-hydrogen) atoms. The van der Waals surface area contributed by atoms with E-state index in [4.69, 9.17) is 4.74 Å². The highest BCUT2D eigenvalue weighted by molar-refractivity contribution is 5.66. The molecule has 0 aromatic heterocycles. The van der Waals surface area contributed by atoms with Crippen molar-refractivity contribution < 1.29 is 9.53 Å². The van der Waals surface area contributed by atoms with Gasteiger partial charge in [-0.3, -0.25) is 4.79 Å². The predicted octanol–water partition coefficient (Wildman–Crippen LogP) is 4.19. The normalized spacial score (nSPS) is 30.9. The first-order valence-electron chi connectivity index (χ1n) is 7.12. The molecule has 2 heteroatoms. The highest BCUT2D eigenvalue weighted by Crippen LogP contribution is 2.52. The van der Waals surface area contributed by atoms with Crippen molar-refractivity contribution in [1.82, 2.24) is 0 Å². The Morgan fingerprint density at radius 3 is 2.68 bits per heavy atom. The molecule has 0 aromatic carbocycles. The molecule has 2 nitrogen and oxygen atoms in total. The van der Waals surface area contributed by atoms with Crippen LogP contribution in [0.1, 0.15) is 46.5 Å². The van der Waals surface area contributed by atoms with Gasteiger partial charge in [0.25, 0.3) is 0 Å². The summed E-state index contributed by atoms with van der Waals surface area (Å²) in [6, 6.07) is 0. The highest BCUT2D eigenvalue weighted by atomic mass is 16.5. The third-order valence-corrected chi connectivity index (χ3v) is 4.95. The minimum Gasteiger partial charge on any atom is -0.461 e. The molecule has 2 unspecified atom stereocenters. The minimum absolute atomic E-state index is 0.205. The third kappa shape index (κ3) is 2.83. The molecule has 0 aromatic rings. The summed E-state index contributed by atoms with van der Waals surface area (Å²) in [6.07, 6.45) is 8.85. The summed E-state index contributed by atoms with van der Waals surface area (Å²) < 4.78 is 5.05. The second-order valence-corrected chi connectivity index (χ2v) is 6.08. The lowest BCUT2D eigenvalue weighted by Crippen LogP contribution is -2.24. The smallest absolute Gasteiger partial charge is 0.302 e. The Kier molecular flexibility index (Phi) is 3.98. The number of rotatable bonds is 3. The van der Waals surface area contributed by atoms with Crippen LogP contribution in [0.3, 0.4) is 0 Å². The van der Waals surface area contributed by atoms with Crippen molar-refractivity contribution in [3.63, 3.8) is 0 Å². The molecule has 0 spiro atoms. The molecule has 1 saturated carbocycles. The molecule has 1 fully saturated rings. The summed E-state index contributed by atoms with van der Waals surface area (Å²) in [5, 5.41) is 0. The fourth-order valence-electron chi connectivity index (χ4n) is 3.20. The molecule has 0 radical (unpaired) electrons. The van der Waals surface area contributed by atoms with Gasteiger partial charge in [-0.2, -0.15) is 0 Å². The maximum absolute atomic E-state index is 10.8. The predicted molar refractivity (Wildman–Crippen MR) is 77.7 cm³/mol. The van der Waals surface area contributed by atoms with Gasteiger partial charge in [0.1, 0.15) is 6.61 Å². The molecule has 104 valence electrons. The molecule has 0 aliphatic heterocycles. The van der Waals surface area contributed by atoms with Gasteiger partial charge in [0.2, 0.25) is 0 Å². The van der Waals surface area contributed by atoms with Gasteiger partial charge in [0.15, 0.2) is 0 Å². The first-order chi connectivity index (χ1) is 8.93. The molecule has 2 rings (SSSR count). The monoisotopic (exact) mass is 260 g/mol. The Morgan fingerprint density at radius 2 is 2.21 bits per heavy atom. The zero-order chi connectivity index (χ0) is 14.0. The number of carbonyl (C=O) groups excluding carboxylic acids is 1. The molecule has 2 atom stereocenters. The van der Waals surface area contributed by atoms with Crippen LogP contribution < -0.4 is 0 Å². The number of allylic oxidation sites excluding steroid dienone is 4. The van der Waals surface area contributed by atoms with Gasteiger partial charge in [0.05, 0.1) is 0 Å². The Balaban J connectivity index is 1.99. The molecule has 0 saturated heterocycles. The maximum atomic E-state index is 10.8. The van der Waals surface area contributed by atoms with E-state index in [9.17, 15) is 4.79 Å². The van der Waals surface area contributed by atoms with Crippen molar-refractivity contribution in [2.45, 2.75) is 46.5 Å². The molecule has 0 heterocycles. The number of esters is 1. The van der Waals surface area contributed by atoms with Gasteiger partial charge >= 0.3 is 5.97 Å². The minimum atomic E-state index is -0.205. The van der Waals surface area contributed by atoms with Crippen LogP contribution in [0.4, 0.5) is 0 Å². The summed E-state index contributed by atoms with van der Waals surface area (Å²) in [7, 11) is 0. The second-order valence-electron chi connectivity index (χ2n) is 6.08. The van der Waals surface area contributed by atoms with Gasteiger partial charge in [0, 0.05) is 6.92 Å². The third-order valence-electron chi connectivity index (χ3n) is 4.95. The van der Waals surface area contributed by atoms with E-state index in [0.29, 0.717) is 12.5 Å². The fraction of sp³-hybridized carbons (Fsp3) is 0.588. The first kappa shape index (κ1) is 14.1. The van der Waals surface area contributed by atoms with Crippen molar-refractivity contribution in [2.24, 2.45) is 11.3 Å². The Morgan fingerprint density at radius 1 is 1.47 bits per heavy atom. The van der Waals surface area contributed by atoms with E-state index in [1.807, 2.05) is 0 Å². The molecular weight excluding hydrogens is 236 g/mol. The number of carbonyl (C=O) groups is 1. The van der Waals surface area contributed by atoms with E-state index in [0.717, 1.165) is 19.3 Å². The second kappa shape index (κ2) is 5.36. The van der Waals surface area contributed by atoms with Crippen molar-refractivity contribution in [3.8, 4) is 0 Å². The standard InChI is InChI=1S/C17H24O2/c1-12-9-10-17(4,13(12)2)16-7-5-15(6-8-16)11-19-14(3)18/h5,8,13H,1,6-7,9-11H2,2-4H3. The van der Waals surface area contributed by atoms with Crippen LogP contribution in [0.5, 0.6) is 0 Å². The molecular formula is C17H24O2. The van der Waals surface area contributed by atoms with Gasteiger partial charge < -0.3 is 4.74 Å². The molecule has 2 aliphatic rings. The van der Waals surface area contributed by atoms with E-state index in [1.54, 1.807) is 0 Å². The van der Waals surface area contributed by atoms with E-state index in [2.05, 4.69) is 32.6 Å². The van der Waals surface area contributed by atoms with Crippen LogP contribution in [-0.2, 0) is 9.53 Å². The molecule has 0 bridgehead atoms. The summed E-state index contributed by atoms with van der Waals surface area (Å²) in [5.74, 6) is 0.366. The quantitative estimate of drug-likeness (QED) is 0.562. The van der Waals surface area contributed by atoms with E-state index in [-0.39, 0.29) is 11.4 Å². The average Bonchev–Trinajstić information content (AvgIpc) is 2.66. The molecule has 0 N–H and O–H groups in total. The first-order valence-corrected chi connectivity index (χ1v) is 7.12. The number of ether oxygens (including phenoxy) is 1. The van der Waals surface area contributed by atoms with Crippen molar-refractivity contribution in [1.29, 1.82) is 0 Å². The van der Waals surface area contributed by atoms with E-state index in [1.165, 1.54) is 30.1 Å². The topological polar surface area (TPSA) is 26.3 Å². The Bertz CT molecular complexity index is 456. The Hall–Kier alpha value is -1.31. The van der Waals surface area contributed by atoms with Crippen LogP contribution in [0.15, 0.2) is 35.5 Å². The van der Waals surface area contributed by atoms with Crippen LogP contribution in [0, 0.1) is 11.3 Å². The lowest BCUT2D eigenvalue weighted by atomic mass is 9.71. The van der Waals surface area contributed by atoms with Crippen molar-refractivity contribution in [2.75, 3.05) is 6.61 Å². The van der Waals surface area contributed by atoms with Crippen LogP contribution in [0.2, 0.25) is 0 Å². The van der Waals surface area contributed by atoms with Gasteiger partial charge in [-0.25, -0.2) is 0 Å². The lowest BCUT2D eigenvalue weighted by Gasteiger charge is -2.34. The van der Waals surface area contributed by atoms with Crippen LogP contribution in [-0.4, -0.2) is 12.6 Å². The van der Waals surface area contributed by atoms with E-state index >= 15 is 0 Å². The summed E-state index contributed by atoms with van der Waals surface area (Å²) in [4.78, 5) is 10.8. The van der Waals surface area contributed by atoms with E-state index < -0.39 is 0 Å². The van der Waals surface area contributed by atoms with Gasteiger partial charge in [-0.05, 0) is 42.6 Å². The summed E-state index contributed by atoms with van der Waals surface area (Å²) in [6.45, 7) is 10.8. The summed E-state index contributed by atoms with van der Waals surface area (Å²) in [5.41, 5.74) is 4.41. The van der Waals surface area contributed by atoms with Crippen molar-refractivity contribution in [3.05, 3.63) is 35.5 Å². The maximum Gasteiger partial charge on any atom is 0.302 e. The Labute approximate surface area is 116 Å². The number of hydrogen-bond acceptors (Lipinski definition) is 2. The zero-order valence-corrected chi connectivity index (χ0v) is 12.3. The van der Waals surface area contributed by atoms with Crippen LogP contribution in [0.25, 0.3) is 0 Å². The highest BCUT2D eigenvalue weighted by Gasteiger charge is 2.40. The molecule has 2 aliphatic carbocycles. The summed E-state index contributed by atoms with van der Waals surface area (Å²) >= 11 is 0. The molecule has 0 amide bonds. The lowest BCUT2D eigenvalue weighted by molar-refractivity contribution is -0.140. The number of hydrogen-bond donors (Lipinski definition) is 0. The van der Waals surface area contributed by atoms with Crippen LogP contribution >= 0.6 is 0 Å². The fourth-order valence-corrected chi connectivity index (χ4v) is 3.20.